The number of urea groups is 1. The Balaban J connectivity index is 2.22. The maximum atomic E-state index is 11.0. The third kappa shape index (κ3) is 3.86. The van der Waals surface area contributed by atoms with Crippen LogP contribution in [0.2, 0.25) is 0 Å². The molecule has 1 saturated heterocycles. The lowest BCUT2D eigenvalue weighted by Gasteiger charge is -2.22. The van der Waals surface area contributed by atoms with Crippen molar-refractivity contribution in [3.63, 3.8) is 0 Å². The molecule has 0 aromatic rings. The number of amides is 3. The number of rotatable bonds is 2. The van der Waals surface area contributed by atoms with Crippen LogP contribution in [0.1, 0.15) is 6.42 Å². The summed E-state index contributed by atoms with van der Waals surface area (Å²) in [5.74, 6) is -0.379. The van der Waals surface area contributed by atoms with E-state index in [1.54, 1.807) is 0 Å². The predicted octanol–water partition coefficient (Wildman–Crippen LogP) is -1.44. The summed E-state index contributed by atoms with van der Waals surface area (Å²) < 4.78 is 5.13. The van der Waals surface area contributed by atoms with Crippen molar-refractivity contribution in [3.05, 3.63) is 0 Å². The Morgan fingerprint density at radius 3 is 2.92 bits per heavy atom. The topological polar surface area (TPSA) is 93.5 Å². The van der Waals surface area contributed by atoms with Gasteiger partial charge in [-0.2, -0.15) is 0 Å². The van der Waals surface area contributed by atoms with Gasteiger partial charge in [-0.05, 0) is 0 Å². The quantitative estimate of drug-likeness (QED) is 0.493. The van der Waals surface area contributed by atoms with E-state index in [1.807, 2.05) is 5.32 Å². The monoisotopic (exact) mass is 187 g/mol. The van der Waals surface area contributed by atoms with Crippen LogP contribution in [0.3, 0.4) is 0 Å². The van der Waals surface area contributed by atoms with Gasteiger partial charge in [0.15, 0.2) is 0 Å². The largest absolute Gasteiger partial charge is 0.378 e. The van der Waals surface area contributed by atoms with E-state index < -0.39 is 6.03 Å². The molecule has 0 aliphatic carbocycles. The van der Waals surface area contributed by atoms with Gasteiger partial charge >= 0.3 is 6.03 Å². The molecule has 1 heterocycles. The first-order valence-electron chi connectivity index (χ1n) is 4.09. The molecule has 1 atom stereocenters. The number of hydrogen-bond acceptors (Lipinski definition) is 4. The highest BCUT2D eigenvalue weighted by atomic mass is 16.5. The molecule has 0 bridgehead atoms. The molecule has 1 unspecified atom stereocenters. The van der Waals surface area contributed by atoms with Crippen LogP contribution in [0, 0.1) is 0 Å². The molecule has 1 aliphatic heterocycles. The Labute approximate surface area is 75.8 Å². The molecular formula is C7H13N3O3. The van der Waals surface area contributed by atoms with Crippen molar-refractivity contribution in [3.8, 4) is 0 Å². The molecular weight excluding hydrogens is 174 g/mol. The fourth-order valence-corrected chi connectivity index (χ4v) is 1.16. The second-order valence-electron chi connectivity index (χ2n) is 2.84. The minimum atomic E-state index is -0.818. The van der Waals surface area contributed by atoms with E-state index in [9.17, 15) is 9.59 Å². The van der Waals surface area contributed by atoms with E-state index in [0.717, 1.165) is 6.54 Å². The molecule has 0 spiro atoms. The molecule has 0 radical (unpaired) electrons. The van der Waals surface area contributed by atoms with Crippen LogP contribution in [-0.4, -0.2) is 37.7 Å². The van der Waals surface area contributed by atoms with Crippen LogP contribution < -0.4 is 16.4 Å². The number of primary amides is 1. The van der Waals surface area contributed by atoms with Crippen molar-refractivity contribution in [2.45, 2.75) is 12.5 Å². The number of imide groups is 1. The third-order valence-corrected chi connectivity index (χ3v) is 1.69. The molecule has 13 heavy (non-hydrogen) atoms. The lowest BCUT2D eigenvalue weighted by molar-refractivity contribution is -0.121. The first-order valence-corrected chi connectivity index (χ1v) is 4.09. The van der Waals surface area contributed by atoms with Gasteiger partial charge in [-0.3, -0.25) is 10.1 Å². The zero-order chi connectivity index (χ0) is 9.68. The summed E-state index contributed by atoms with van der Waals surface area (Å²) >= 11 is 0. The first kappa shape index (κ1) is 9.94. The average molecular weight is 187 g/mol. The fourth-order valence-electron chi connectivity index (χ4n) is 1.16. The van der Waals surface area contributed by atoms with Gasteiger partial charge in [0.05, 0.1) is 13.2 Å². The van der Waals surface area contributed by atoms with Crippen LogP contribution in [0.15, 0.2) is 0 Å². The molecule has 1 rings (SSSR count). The van der Waals surface area contributed by atoms with Crippen molar-refractivity contribution in [1.82, 2.24) is 10.6 Å². The van der Waals surface area contributed by atoms with Gasteiger partial charge in [0, 0.05) is 19.0 Å². The van der Waals surface area contributed by atoms with Gasteiger partial charge in [-0.25, -0.2) is 4.79 Å². The summed E-state index contributed by atoms with van der Waals surface area (Å²) in [7, 11) is 0. The minimum absolute atomic E-state index is 0.0203. The fraction of sp³-hybridized carbons (Fsp3) is 0.714. The SMILES string of the molecule is NC(=O)NC(=O)CC1COCCN1. The van der Waals surface area contributed by atoms with Crippen molar-refractivity contribution in [2.24, 2.45) is 5.73 Å². The second-order valence-corrected chi connectivity index (χ2v) is 2.84. The van der Waals surface area contributed by atoms with E-state index in [0.29, 0.717) is 13.2 Å². The Bertz CT molecular complexity index is 201. The highest BCUT2D eigenvalue weighted by Gasteiger charge is 2.17. The van der Waals surface area contributed by atoms with Crippen LogP contribution >= 0.6 is 0 Å². The number of nitrogens with one attached hydrogen (secondary N) is 2. The highest BCUT2D eigenvalue weighted by Crippen LogP contribution is 1.97. The van der Waals surface area contributed by atoms with Crippen LogP contribution in [0.4, 0.5) is 4.79 Å². The maximum Gasteiger partial charge on any atom is 0.318 e. The zero-order valence-electron chi connectivity index (χ0n) is 7.21. The van der Waals surface area contributed by atoms with E-state index in [1.165, 1.54) is 0 Å². The van der Waals surface area contributed by atoms with Gasteiger partial charge < -0.3 is 15.8 Å². The number of nitrogens with two attached hydrogens (primary N) is 1. The van der Waals surface area contributed by atoms with E-state index in [2.05, 4.69) is 5.32 Å². The molecule has 0 saturated carbocycles. The number of hydrogen-bond donors (Lipinski definition) is 3. The van der Waals surface area contributed by atoms with E-state index in [-0.39, 0.29) is 18.4 Å². The first-order chi connectivity index (χ1) is 6.18. The Kier molecular flexibility index (Phi) is 3.66. The van der Waals surface area contributed by atoms with Crippen molar-refractivity contribution < 1.29 is 14.3 Å². The average Bonchev–Trinajstić information content (AvgIpc) is 2.04. The van der Waals surface area contributed by atoms with Crippen molar-refractivity contribution in [1.29, 1.82) is 0 Å². The van der Waals surface area contributed by atoms with Crippen LogP contribution in [0.5, 0.6) is 0 Å². The zero-order valence-corrected chi connectivity index (χ0v) is 7.21. The van der Waals surface area contributed by atoms with Gasteiger partial charge in [0.25, 0.3) is 0 Å². The van der Waals surface area contributed by atoms with E-state index >= 15 is 0 Å². The van der Waals surface area contributed by atoms with E-state index in [4.69, 9.17) is 10.5 Å². The molecule has 74 valence electrons. The molecule has 6 heteroatoms. The summed E-state index contributed by atoms with van der Waals surface area (Å²) in [6.07, 6.45) is 0.211. The van der Waals surface area contributed by atoms with Crippen LogP contribution in [0.25, 0.3) is 0 Å². The lowest BCUT2D eigenvalue weighted by Crippen LogP contribution is -2.45. The van der Waals surface area contributed by atoms with Gasteiger partial charge in [0.2, 0.25) is 5.91 Å². The number of carbonyl (C=O) groups excluding carboxylic acids is 2. The second kappa shape index (κ2) is 4.78. The van der Waals surface area contributed by atoms with Crippen molar-refractivity contribution >= 4 is 11.9 Å². The molecule has 4 N–H and O–H groups in total. The summed E-state index contributed by atoms with van der Waals surface area (Å²) in [5, 5.41) is 5.08. The summed E-state index contributed by atoms with van der Waals surface area (Å²) in [4.78, 5) is 21.3. The molecule has 1 aliphatic rings. The molecule has 0 aromatic heterocycles. The molecule has 1 fully saturated rings. The normalized spacial score (nSPS) is 22.3. The maximum absolute atomic E-state index is 11.0. The molecule has 3 amide bonds. The van der Waals surface area contributed by atoms with Gasteiger partial charge in [0.1, 0.15) is 0 Å². The number of ether oxygens (including phenoxy) is 1. The third-order valence-electron chi connectivity index (χ3n) is 1.69. The Morgan fingerprint density at radius 1 is 1.62 bits per heavy atom. The molecule has 0 aromatic carbocycles. The summed E-state index contributed by atoms with van der Waals surface area (Å²) in [5.41, 5.74) is 4.78. The van der Waals surface area contributed by atoms with Gasteiger partial charge in [-0.15, -0.1) is 0 Å². The summed E-state index contributed by atoms with van der Waals surface area (Å²) in [6.45, 7) is 1.88. The van der Waals surface area contributed by atoms with Gasteiger partial charge in [-0.1, -0.05) is 0 Å². The highest BCUT2D eigenvalue weighted by molar-refractivity contribution is 5.93. The Morgan fingerprint density at radius 2 is 2.38 bits per heavy atom. The number of carbonyl (C=O) groups is 2. The predicted molar refractivity (Wildman–Crippen MR) is 45.0 cm³/mol. The summed E-state index contributed by atoms with van der Waals surface area (Å²) in [6, 6.07) is -0.838. The standard InChI is InChI=1S/C7H13N3O3/c8-7(12)10-6(11)3-5-4-13-2-1-9-5/h5,9H,1-4H2,(H3,8,10,11,12). The smallest absolute Gasteiger partial charge is 0.318 e. The van der Waals surface area contributed by atoms with Crippen LogP contribution in [-0.2, 0) is 9.53 Å². The lowest BCUT2D eigenvalue weighted by atomic mass is 10.2. The number of morpholine rings is 1. The van der Waals surface area contributed by atoms with Crippen molar-refractivity contribution in [2.75, 3.05) is 19.8 Å². The Hall–Kier alpha value is -1.14. The molecule has 6 nitrogen and oxygen atoms in total. The minimum Gasteiger partial charge on any atom is -0.378 e.